The summed E-state index contributed by atoms with van der Waals surface area (Å²) in [4.78, 5) is 55.1. The van der Waals surface area contributed by atoms with Gasteiger partial charge in [0, 0.05) is 49.4 Å². The van der Waals surface area contributed by atoms with Gasteiger partial charge in [-0.15, -0.1) is 11.8 Å². The number of ether oxygens (including phenoxy) is 2. The van der Waals surface area contributed by atoms with Crippen molar-refractivity contribution in [1.29, 1.82) is 0 Å². The Bertz CT molecular complexity index is 2170. The first-order chi connectivity index (χ1) is 24.7. The third kappa shape index (κ3) is 8.42. The molecule has 1 saturated heterocycles. The molecule has 4 atom stereocenters. The lowest BCUT2D eigenvalue weighted by molar-refractivity contribution is -0.186. The van der Waals surface area contributed by atoms with E-state index in [1.165, 1.54) is 25.1 Å². The van der Waals surface area contributed by atoms with Crippen molar-refractivity contribution in [3.8, 4) is 0 Å². The van der Waals surface area contributed by atoms with Gasteiger partial charge in [-0.1, -0.05) is 41.4 Å². The molecule has 3 heterocycles. The molecule has 1 aromatic heterocycles. The molecule has 0 spiro atoms. The molecular weight excluding hydrogens is 753 g/mol. The van der Waals surface area contributed by atoms with Gasteiger partial charge in [-0.25, -0.2) is 13.2 Å². The number of rotatable bonds is 10. The lowest BCUT2D eigenvalue weighted by Gasteiger charge is -2.30. The topological polar surface area (TPSA) is 161 Å². The van der Waals surface area contributed by atoms with Crippen LogP contribution in [-0.4, -0.2) is 79.4 Å². The molecule has 0 saturated carbocycles. The fourth-order valence-electron chi connectivity index (χ4n) is 6.14. The molecule has 2 aliphatic rings. The van der Waals surface area contributed by atoms with E-state index in [0.29, 0.717) is 46.6 Å². The molecular formula is C36H35Cl2N3O9S2. The van der Waals surface area contributed by atoms with Gasteiger partial charge in [0.15, 0.2) is 9.84 Å². The van der Waals surface area contributed by atoms with Gasteiger partial charge in [0.1, 0.15) is 17.7 Å². The van der Waals surface area contributed by atoms with Crippen LogP contribution in [0.3, 0.4) is 0 Å². The third-order valence-corrected chi connectivity index (χ3v) is 11.8. The zero-order valence-electron chi connectivity index (χ0n) is 28.3. The Balaban J connectivity index is 1.21. The predicted molar refractivity (Wildman–Crippen MR) is 196 cm³/mol. The van der Waals surface area contributed by atoms with Crippen molar-refractivity contribution in [2.24, 2.45) is 0 Å². The first-order valence-electron chi connectivity index (χ1n) is 16.3. The smallest absolute Gasteiger partial charge is 0.332 e. The molecule has 4 unspecified atom stereocenters. The summed E-state index contributed by atoms with van der Waals surface area (Å²) in [6.45, 7) is 3.81. The number of sulfone groups is 1. The van der Waals surface area contributed by atoms with Crippen LogP contribution in [0.4, 0.5) is 0 Å². The molecule has 1 fully saturated rings. The van der Waals surface area contributed by atoms with E-state index in [1.54, 1.807) is 47.2 Å². The molecule has 0 radical (unpaired) electrons. The second-order valence-corrected chi connectivity index (χ2v) is 16.8. The van der Waals surface area contributed by atoms with E-state index in [2.05, 4.69) is 10.6 Å². The molecule has 274 valence electrons. The number of halogens is 2. The highest BCUT2D eigenvalue weighted by Crippen LogP contribution is 2.35. The molecule has 2 amide bonds. The van der Waals surface area contributed by atoms with Gasteiger partial charge in [-0.3, -0.25) is 19.7 Å². The van der Waals surface area contributed by atoms with Gasteiger partial charge in [0.25, 0.3) is 11.8 Å². The number of hydrogen-bond donors (Lipinski definition) is 2. The average molecular weight is 789 g/mol. The van der Waals surface area contributed by atoms with E-state index < -0.39 is 46.1 Å². The number of furan rings is 1. The molecule has 6 rings (SSSR count). The summed E-state index contributed by atoms with van der Waals surface area (Å²) in [5, 5.41) is 6.74. The number of esters is 2. The third-order valence-electron chi connectivity index (χ3n) is 8.78. The van der Waals surface area contributed by atoms with Crippen LogP contribution in [0.25, 0.3) is 11.0 Å². The zero-order chi connectivity index (χ0) is 37.3. The summed E-state index contributed by atoms with van der Waals surface area (Å²) in [5.74, 6) is -2.02. The molecule has 16 heteroatoms. The highest BCUT2D eigenvalue weighted by atomic mass is 35.5. The normalized spacial score (nSPS) is 18.4. The number of fused-ring (bicyclic) bond motifs is 2. The molecule has 12 nitrogen and oxygen atoms in total. The van der Waals surface area contributed by atoms with Crippen LogP contribution in [0.15, 0.2) is 70.2 Å². The standard InChI is InChI=1S/C36H35Cl2N3O9S2/c1-19-39-29(18-51-19)36(45)50-20(2)49-35(44)28(14-21-5-4-6-25(13-21)52(3,46)47)40-33(42)31-27(37)15-24-17-41(11-9-26(24)32(31)38)34(43)23-8-7-22-10-12-48-30(22)16-23/h4-8,10,12-13,15-16,19-20,28-29,39H,9,11,14,17-18H2,1-3H3,(H,40,42). The van der Waals surface area contributed by atoms with Crippen molar-refractivity contribution in [3.63, 3.8) is 0 Å². The van der Waals surface area contributed by atoms with Gasteiger partial charge < -0.3 is 24.1 Å². The number of hydrogen-bond acceptors (Lipinski definition) is 11. The molecule has 0 aliphatic carbocycles. The second-order valence-electron chi connectivity index (χ2n) is 12.6. The monoisotopic (exact) mass is 787 g/mol. The van der Waals surface area contributed by atoms with Crippen molar-refractivity contribution in [3.05, 3.63) is 98.7 Å². The number of benzene rings is 3. The number of amides is 2. The quantitative estimate of drug-likeness (QED) is 0.161. The summed E-state index contributed by atoms with van der Waals surface area (Å²) in [5.41, 5.74) is 2.70. The average Bonchev–Trinajstić information content (AvgIpc) is 3.75. The Morgan fingerprint density at radius 2 is 1.88 bits per heavy atom. The Labute approximate surface area is 314 Å². The first-order valence-corrected chi connectivity index (χ1v) is 20.0. The number of thioether (sulfide) groups is 1. The summed E-state index contributed by atoms with van der Waals surface area (Å²) in [6.07, 6.45) is 1.48. The summed E-state index contributed by atoms with van der Waals surface area (Å²) in [6, 6.07) is 12.6. The van der Waals surface area contributed by atoms with Crippen LogP contribution >= 0.6 is 35.0 Å². The van der Waals surface area contributed by atoms with Crippen molar-refractivity contribution in [2.45, 2.75) is 61.9 Å². The largest absolute Gasteiger partial charge is 0.464 e. The maximum Gasteiger partial charge on any atom is 0.332 e. The number of carbonyl (C=O) groups is 4. The Morgan fingerprint density at radius 3 is 2.62 bits per heavy atom. The molecule has 0 bridgehead atoms. The SMILES string of the molecule is CC(OC(=O)C(Cc1cccc(S(C)(=O)=O)c1)NC(=O)c1c(Cl)cc2c(c1Cl)CCN(C(=O)c1ccc3ccoc3c1)C2)OC(=O)C1CSC(C)N1. The second kappa shape index (κ2) is 15.5. The van der Waals surface area contributed by atoms with E-state index in [4.69, 9.17) is 37.1 Å². The summed E-state index contributed by atoms with van der Waals surface area (Å²) in [7, 11) is -3.58. The van der Waals surface area contributed by atoms with Crippen molar-refractivity contribution < 1.29 is 41.5 Å². The number of nitrogens with one attached hydrogen (secondary N) is 2. The van der Waals surface area contributed by atoms with Crippen LogP contribution in [0.2, 0.25) is 10.0 Å². The van der Waals surface area contributed by atoms with Gasteiger partial charge >= 0.3 is 11.9 Å². The van der Waals surface area contributed by atoms with Gasteiger partial charge in [0.2, 0.25) is 6.29 Å². The summed E-state index contributed by atoms with van der Waals surface area (Å²) >= 11 is 15.0. The Morgan fingerprint density at radius 1 is 1.10 bits per heavy atom. The Hall–Kier alpha value is -4.08. The fourth-order valence-corrected chi connectivity index (χ4v) is 8.57. The van der Waals surface area contributed by atoms with E-state index in [1.807, 2.05) is 19.1 Å². The van der Waals surface area contributed by atoms with Crippen LogP contribution < -0.4 is 10.6 Å². The van der Waals surface area contributed by atoms with Crippen molar-refractivity contribution in [1.82, 2.24) is 15.5 Å². The molecule has 3 aromatic carbocycles. The van der Waals surface area contributed by atoms with Crippen LogP contribution in [0.1, 0.15) is 51.3 Å². The zero-order valence-corrected chi connectivity index (χ0v) is 31.5. The molecule has 4 aromatic rings. The predicted octanol–water partition coefficient (Wildman–Crippen LogP) is 5.17. The van der Waals surface area contributed by atoms with Crippen LogP contribution in [-0.2, 0) is 48.3 Å². The van der Waals surface area contributed by atoms with Crippen molar-refractivity contribution in [2.75, 3.05) is 18.6 Å². The Kier molecular flexibility index (Phi) is 11.2. The van der Waals surface area contributed by atoms with E-state index in [-0.39, 0.29) is 44.8 Å². The lowest BCUT2D eigenvalue weighted by atomic mass is 9.95. The van der Waals surface area contributed by atoms with Gasteiger partial charge in [-0.05, 0) is 66.4 Å². The fraction of sp³-hybridized carbons (Fsp3) is 0.333. The molecule has 2 aliphatic heterocycles. The number of nitrogens with zero attached hydrogens (tertiary/aromatic N) is 1. The molecule has 52 heavy (non-hydrogen) atoms. The molecule has 2 N–H and O–H groups in total. The van der Waals surface area contributed by atoms with Gasteiger partial charge in [-0.2, -0.15) is 0 Å². The maximum atomic E-state index is 13.9. The summed E-state index contributed by atoms with van der Waals surface area (Å²) < 4.78 is 40.7. The maximum absolute atomic E-state index is 13.9. The van der Waals surface area contributed by atoms with Crippen LogP contribution in [0.5, 0.6) is 0 Å². The van der Waals surface area contributed by atoms with E-state index in [9.17, 15) is 27.6 Å². The minimum absolute atomic E-state index is 0.00259. The number of carbonyl (C=O) groups excluding carboxylic acids is 4. The minimum atomic E-state index is -3.58. The van der Waals surface area contributed by atoms with E-state index in [0.717, 1.165) is 11.6 Å². The van der Waals surface area contributed by atoms with Crippen molar-refractivity contribution >= 4 is 79.5 Å². The lowest BCUT2D eigenvalue weighted by Crippen LogP contribution is -2.45. The highest BCUT2D eigenvalue weighted by molar-refractivity contribution is 8.00. The van der Waals surface area contributed by atoms with E-state index >= 15 is 0 Å². The highest BCUT2D eigenvalue weighted by Gasteiger charge is 2.33. The van der Waals surface area contributed by atoms with Crippen LogP contribution in [0, 0.1) is 0 Å². The minimum Gasteiger partial charge on any atom is -0.464 e. The first kappa shape index (κ1) is 37.7. The van der Waals surface area contributed by atoms with Gasteiger partial charge in [0.05, 0.1) is 32.1 Å².